The van der Waals surface area contributed by atoms with Crippen LogP contribution in [0.4, 0.5) is 5.69 Å². The van der Waals surface area contributed by atoms with Gasteiger partial charge in [0.2, 0.25) is 11.8 Å². The number of carbonyl (C=O) groups is 2. The van der Waals surface area contributed by atoms with Crippen molar-refractivity contribution in [3.05, 3.63) is 41.7 Å². The van der Waals surface area contributed by atoms with Crippen LogP contribution >= 0.6 is 0 Å². The normalized spacial score (nSPS) is 16.6. The lowest BCUT2D eigenvalue weighted by atomic mass is 10.1. The lowest BCUT2D eigenvalue weighted by Crippen LogP contribution is -2.34. The van der Waals surface area contributed by atoms with E-state index in [0.29, 0.717) is 24.5 Å². The number of nitrogens with one attached hydrogen (secondary N) is 1. The van der Waals surface area contributed by atoms with Crippen LogP contribution in [-0.4, -0.2) is 41.8 Å². The van der Waals surface area contributed by atoms with Gasteiger partial charge in [-0.3, -0.25) is 14.3 Å². The summed E-state index contributed by atoms with van der Waals surface area (Å²) in [6.45, 7) is 5.70. The summed E-state index contributed by atoms with van der Waals surface area (Å²) in [4.78, 5) is 26.5. The summed E-state index contributed by atoms with van der Waals surface area (Å²) in [5.41, 5.74) is 2.83. The third kappa shape index (κ3) is 4.30. The number of carbonyl (C=O) groups excluding carboxylic acids is 2. The van der Waals surface area contributed by atoms with E-state index < -0.39 is 0 Å². The molecule has 0 saturated carbocycles. The van der Waals surface area contributed by atoms with E-state index in [1.54, 1.807) is 12.0 Å². The van der Waals surface area contributed by atoms with Crippen LogP contribution in [0, 0.1) is 19.8 Å². The second-order valence-electron chi connectivity index (χ2n) is 6.87. The number of benzene rings is 1. The summed E-state index contributed by atoms with van der Waals surface area (Å²) in [7, 11) is 1.58. The number of nitrogens with zero attached hydrogens (tertiary/aromatic N) is 3. The molecule has 1 aliphatic rings. The predicted molar refractivity (Wildman–Crippen MR) is 103 cm³/mol. The molecule has 0 radical (unpaired) electrons. The van der Waals surface area contributed by atoms with Gasteiger partial charge in [0, 0.05) is 31.7 Å². The van der Waals surface area contributed by atoms with Gasteiger partial charge in [0.25, 0.3) is 0 Å². The van der Waals surface area contributed by atoms with Crippen molar-refractivity contribution in [2.24, 2.45) is 5.92 Å². The number of ether oxygens (including phenoxy) is 1. The second kappa shape index (κ2) is 8.24. The number of aryl methyl sites for hydroxylation is 3. The predicted octanol–water partition coefficient (Wildman–Crippen LogP) is 2.07. The first-order chi connectivity index (χ1) is 13.0. The second-order valence-corrected chi connectivity index (χ2v) is 6.87. The van der Waals surface area contributed by atoms with Gasteiger partial charge in [-0.05, 0) is 38.5 Å². The number of hydrogen-bond acceptors (Lipinski definition) is 4. The molecule has 27 heavy (non-hydrogen) atoms. The van der Waals surface area contributed by atoms with Crippen molar-refractivity contribution in [1.29, 1.82) is 0 Å². The summed E-state index contributed by atoms with van der Waals surface area (Å²) >= 11 is 0. The van der Waals surface area contributed by atoms with E-state index in [4.69, 9.17) is 4.74 Å². The standard InChI is InChI=1S/C20H26N4O3/c1-14-11-15(2)24(22-14)10-6-9-21-20(26)16-12-19(25)23(13-16)17-7-4-5-8-18(17)27-3/h4-5,7-8,11,16H,6,9-10,12-13H2,1-3H3,(H,21,26)/t16-/m1/s1. The zero-order valence-electron chi connectivity index (χ0n) is 16.1. The molecular formula is C20H26N4O3. The Kier molecular flexibility index (Phi) is 5.78. The van der Waals surface area contributed by atoms with Crippen LogP contribution in [0.15, 0.2) is 30.3 Å². The Bertz CT molecular complexity index is 830. The lowest BCUT2D eigenvalue weighted by molar-refractivity contribution is -0.126. The van der Waals surface area contributed by atoms with E-state index in [2.05, 4.69) is 10.4 Å². The van der Waals surface area contributed by atoms with E-state index in [1.165, 1.54) is 0 Å². The minimum Gasteiger partial charge on any atom is -0.495 e. The maximum absolute atomic E-state index is 12.5. The highest BCUT2D eigenvalue weighted by molar-refractivity contribution is 6.01. The first-order valence-corrected chi connectivity index (χ1v) is 9.21. The fourth-order valence-corrected chi connectivity index (χ4v) is 3.45. The van der Waals surface area contributed by atoms with E-state index in [9.17, 15) is 9.59 Å². The van der Waals surface area contributed by atoms with Gasteiger partial charge >= 0.3 is 0 Å². The van der Waals surface area contributed by atoms with Crippen molar-refractivity contribution in [2.45, 2.75) is 33.2 Å². The molecule has 2 heterocycles. The van der Waals surface area contributed by atoms with Crippen molar-refractivity contribution in [3.63, 3.8) is 0 Å². The molecule has 1 saturated heterocycles. The minimum atomic E-state index is -0.337. The molecule has 0 spiro atoms. The number of anilines is 1. The van der Waals surface area contributed by atoms with Crippen molar-refractivity contribution in [1.82, 2.24) is 15.1 Å². The third-order valence-corrected chi connectivity index (χ3v) is 4.82. The molecule has 144 valence electrons. The summed E-state index contributed by atoms with van der Waals surface area (Å²) in [5, 5.41) is 7.37. The minimum absolute atomic E-state index is 0.0534. The van der Waals surface area contributed by atoms with E-state index in [-0.39, 0.29) is 24.2 Å². The number of rotatable bonds is 7. The van der Waals surface area contributed by atoms with Gasteiger partial charge in [0.05, 0.1) is 24.4 Å². The van der Waals surface area contributed by atoms with Crippen LogP contribution in [-0.2, 0) is 16.1 Å². The lowest BCUT2D eigenvalue weighted by Gasteiger charge is -2.19. The Morgan fingerprint density at radius 2 is 2.11 bits per heavy atom. The van der Waals surface area contributed by atoms with Crippen LogP contribution in [0.25, 0.3) is 0 Å². The summed E-state index contributed by atoms with van der Waals surface area (Å²) in [6.07, 6.45) is 1.02. The number of aromatic nitrogens is 2. The molecular weight excluding hydrogens is 344 g/mol. The van der Waals surface area contributed by atoms with Crippen LogP contribution in [0.2, 0.25) is 0 Å². The Hall–Kier alpha value is -2.83. The molecule has 1 atom stereocenters. The molecule has 1 N–H and O–H groups in total. The molecule has 1 aromatic heterocycles. The summed E-state index contributed by atoms with van der Waals surface area (Å²) in [6, 6.07) is 9.41. The van der Waals surface area contributed by atoms with Gasteiger partial charge in [-0.1, -0.05) is 12.1 Å². The Balaban J connectivity index is 1.51. The van der Waals surface area contributed by atoms with E-state index in [0.717, 1.165) is 24.4 Å². The highest BCUT2D eigenvalue weighted by Gasteiger charge is 2.36. The maximum atomic E-state index is 12.5. The van der Waals surface area contributed by atoms with Gasteiger partial charge in [-0.15, -0.1) is 0 Å². The van der Waals surface area contributed by atoms with Gasteiger partial charge in [-0.25, -0.2) is 0 Å². The van der Waals surface area contributed by atoms with Crippen LogP contribution in [0.3, 0.4) is 0 Å². The average Bonchev–Trinajstić information content (AvgIpc) is 3.20. The van der Waals surface area contributed by atoms with Crippen LogP contribution in [0.1, 0.15) is 24.2 Å². The quantitative estimate of drug-likeness (QED) is 0.757. The van der Waals surface area contributed by atoms with Crippen molar-refractivity contribution < 1.29 is 14.3 Å². The first kappa shape index (κ1) is 18.9. The molecule has 1 aliphatic heterocycles. The van der Waals surface area contributed by atoms with E-state index in [1.807, 2.05) is 48.9 Å². The number of amides is 2. The fourth-order valence-electron chi connectivity index (χ4n) is 3.45. The Morgan fingerprint density at radius 3 is 2.81 bits per heavy atom. The molecule has 0 unspecified atom stereocenters. The molecule has 0 aliphatic carbocycles. The molecule has 1 aromatic carbocycles. The number of methoxy groups -OCH3 is 1. The SMILES string of the molecule is COc1ccccc1N1C[C@H](C(=O)NCCCn2nc(C)cc2C)CC1=O. The zero-order valence-corrected chi connectivity index (χ0v) is 16.1. The molecule has 2 amide bonds. The smallest absolute Gasteiger partial charge is 0.227 e. The number of hydrogen-bond donors (Lipinski definition) is 1. The highest BCUT2D eigenvalue weighted by atomic mass is 16.5. The molecule has 7 nitrogen and oxygen atoms in total. The van der Waals surface area contributed by atoms with Crippen molar-refractivity contribution in [3.8, 4) is 5.75 Å². The zero-order chi connectivity index (χ0) is 19.4. The fraction of sp³-hybridized carbons (Fsp3) is 0.450. The topological polar surface area (TPSA) is 76.5 Å². The highest BCUT2D eigenvalue weighted by Crippen LogP contribution is 2.32. The molecule has 7 heteroatoms. The third-order valence-electron chi connectivity index (χ3n) is 4.82. The maximum Gasteiger partial charge on any atom is 0.227 e. The van der Waals surface area contributed by atoms with Gasteiger partial charge in [0.1, 0.15) is 5.75 Å². The van der Waals surface area contributed by atoms with Gasteiger partial charge < -0.3 is 15.0 Å². The van der Waals surface area contributed by atoms with Crippen molar-refractivity contribution in [2.75, 3.05) is 25.1 Å². The van der Waals surface area contributed by atoms with Crippen molar-refractivity contribution >= 4 is 17.5 Å². The molecule has 2 aromatic rings. The first-order valence-electron chi connectivity index (χ1n) is 9.21. The van der Waals surface area contributed by atoms with Crippen LogP contribution in [0.5, 0.6) is 5.75 Å². The monoisotopic (exact) mass is 370 g/mol. The Labute approximate surface area is 159 Å². The van der Waals surface area contributed by atoms with Crippen LogP contribution < -0.4 is 15.0 Å². The summed E-state index contributed by atoms with van der Waals surface area (Å²) in [5.74, 6) is 0.171. The van der Waals surface area contributed by atoms with E-state index >= 15 is 0 Å². The van der Waals surface area contributed by atoms with Gasteiger partial charge in [-0.2, -0.15) is 5.10 Å². The summed E-state index contributed by atoms with van der Waals surface area (Å²) < 4.78 is 7.28. The molecule has 0 bridgehead atoms. The molecule has 3 rings (SSSR count). The van der Waals surface area contributed by atoms with Gasteiger partial charge in [0.15, 0.2) is 0 Å². The largest absolute Gasteiger partial charge is 0.495 e. The number of para-hydroxylation sites is 2. The Morgan fingerprint density at radius 1 is 1.33 bits per heavy atom. The average molecular weight is 370 g/mol. The molecule has 1 fully saturated rings.